The molecule has 0 amide bonds. The molecule has 0 atom stereocenters. The first-order valence-corrected chi connectivity index (χ1v) is 3.27. The van der Waals surface area contributed by atoms with E-state index in [1.54, 1.807) is 6.20 Å². The van der Waals surface area contributed by atoms with Crippen LogP contribution in [-0.4, -0.2) is 4.98 Å². The number of nitrogens with one attached hydrogen (secondary N) is 1. The van der Waals surface area contributed by atoms with Crippen LogP contribution in [0.2, 0.25) is 0 Å². The molecule has 0 bridgehead atoms. The second-order valence-electron chi connectivity index (χ2n) is 2.15. The van der Waals surface area contributed by atoms with Gasteiger partial charge in [0.25, 0.3) is 0 Å². The van der Waals surface area contributed by atoms with Crippen LogP contribution in [0.5, 0.6) is 0 Å². The predicted molar refractivity (Wildman–Crippen MR) is 39.4 cm³/mol. The van der Waals surface area contributed by atoms with Crippen LogP contribution in [0, 0.1) is 22.7 Å². The predicted octanol–water partition coefficient (Wildman–Crippen LogP) is 1.15. The van der Waals surface area contributed by atoms with Gasteiger partial charge in [-0.05, 0) is 11.6 Å². The number of hydrogen-bond acceptors (Lipinski definition) is 2. The minimum atomic E-state index is 0.351. The zero-order valence-corrected chi connectivity index (χ0v) is 5.96. The molecule has 0 saturated heterocycles. The molecule has 0 spiro atoms. The van der Waals surface area contributed by atoms with E-state index in [1.807, 2.05) is 18.2 Å². The fourth-order valence-corrected chi connectivity index (χ4v) is 0.931. The van der Waals surface area contributed by atoms with Crippen molar-refractivity contribution in [1.82, 2.24) is 4.98 Å². The minimum Gasteiger partial charge on any atom is -0.364 e. The van der Waals surface area contributed by atoms with E-state index in [4.69, 9.17) is 10.5 Å². The average Bonchev–Trinajstić information content (AvgIpc) is 2.39. The van der Waals surface area contributed by atoms with Crippen molar-refractivity contribution in [2.45, 2.75) is 12.8 Å². The molecule has 0 aliphatic rings. The lowest BCUT2D eigenvalue weighted by Gasteiger charge is -1.91. The molecule has 0 aliphatic carbocycles. The molecular weight excluding hydrogens is 138 g/mol. The smallest absolute Gasteiger partial charge is 0.0755 e. The van der Waals surface area contributed by atoms with Gasteiger partial charge in [-0.15, -0.1) is 0 Å². The van der Waals surface area contributed by atoms with Crippen LogP contribution in [0.25, 0.3) is 0 Å². The lowest BCUT2D eigenvalue weighted by Crippen LogP contribution is -1.88. The summed E-state index contributed by atoms with van der Waals surface area (Å²) in [5.41, 5.74) is 1.78. The first-order valence-electron chi connectivity index (χ1n) is 3.27. The molecule has 3 heteroatoms. The molecule has 0 radical (unpaired) electrons. The Kier molecular flexibility index (Phi) is 2.30. The lowest BCUT2D eigenvalue weighted by molar-refractivity contribution is 1.10. The zero-order valence-electron chi connectivity index (χ0n) is 5.96. The maximum atomic E-state index is 8.38. The van der Waals surface area contributed by atoms with Crippen LogP contribution in [0.15, 0.2) is 12.3 Å². The molecule has 1 aromatic heterocycles. The number of aromatic amines is 1. The van der Waals surface area contributed by atoms with E-state index < -0.39 is 0 Å². The van der Waals surface area contributed by atoms with Crippen molar-refractivity contribution in [1.29, 1.82) is 10.5 Å². The lowest BCUT2D eigenvalue weighted by atomic mass is 10.1. The van der Waals surface area contributed by atoms with Crippen LogP contribution in [0.4, 0.5) is 0 Å². The van der Waals surface area contributed by atoms with Crippen LogP contribution in [0.1, 0.15) is 11.3 Å². The molecule has 0 saturated carbocycles. The first kappa shape index (κ1) is 7.37. The summed E-state index contributed by atoms with van der Waals surface area (Å²) in [7, 11) is 0. The third kappa shape index (κ3) is 1.59. The first-order chi connectivity index (χ1) is 5.38. The third-order valence-corrected chi connectivity index (χ3v) is 1.46. The molecule has 1 rings (SSSR count). The van der Waals surface area contributed by atoms with Gasteiger partial charge in [-0.3, -0.25) is 0 Å². The van der Waals surface area contributed by atoms with Crippen molar-refractivity contribution < 1.29 is 0 Å². The Balaban J connectivity index is 2.82. The molecule has 0 unspecified atom stereocenters. The highest BCUT2D eigenvalue weighted by molar-refractivity contribution is 5.25. The van der Waals surface area contributed by atoms with Crippen LogP contribution in [0.3, 0.4) is 0 Å². The van der Waals surface area contributed by atoms with E-state index in [0.717, 1.165) is 11.3 Å². The van der Waals surface area contributed by atoms with Crippen LogP contribution < -0.4 is 0 Å². The van der Waals surface area contributed by atoms with Gasteiger partial charge in [0.1, 0.15) is 0 Å². The van der Waals surface area contributed by atoms with E-state index in [2.05, 4.69) is 4.98 Å². The second-order valence-corrected chi connectivity index (χ2v) is 2.15. The van der Waals surface area contributed by atoms with Gasteiger partial charge in [0.2, 0.25) is 0 Å². The summed E-state index contributed by atoms with van der Waals surface area (Å²) in [6, 6.07) is 5.90. The number of hydrogen-bond donors (Lipinski definition) is 1. The summed E-state index contributed by atoms with van der Waals surface area (Å²) in [5, 5.41) is 16.8. The summed E-state index contributed by atoms with van der Waals surface area (Å²) in [6.07, 6.45) is 2.48. The number of aromatic nitrogens is 1. The van der Waals surface area contributed by atoms with E-state index in [9.17, 15) is 0 Å². The molecule has 3 nitrogen and oxygen atoms in total. The Hall–Kier alpha value is -1.74. The summed E-state index contributed by atoms with van der Waals surface area (Å²) >= 11 is 0. The van der Waals surface area contributed by atoms with Crippen molar-refractivity contribution in [3.05, 3.63) is 23.5 Å². The van der Waals surface area contributed by atoms with Crippen LogP contribution in [-0.2, 0) is 12.8 Å². The molecule has 11 heavy (non-hydrogen) atoms. The van der Waals surface area contributed by atoms with Crippen molar-refractivity contribution >= 4 is 0 Å². The molecule has 54 valence electrons. The number of nitrogens with zero attached hydrogens (tertiary/aromatic N) is 2. The number of nitriles is 2. The SMILES string of the molecule is N#CCc1cc[nH]c1CC#N. The maximum Gasteiger partial charge on any atom is 0.0755 e. The standard InChI is InChI=1S/C8H7N3/c9-4-1-7-3-6-11-8(7)2-5-10/h3,6,11H,1-2H2. The Bertz CT molecular complexity index is 280. The van der Waals surface area contributed by atoms with Gasteiger partial charge >= 0.3 is 0 Å². The van der Waals surface area contributed by atoms with Crippen molar-refractivity contribution in [2.24, 2.45) is 0 Å². The van der Waals surface area contributed by atoms with Gasteiger partial charge in [-0.2, -0.15) is 10.5 Å². The number of rotatable bonds is 2. The van der Waals surface area contributed by atoms with Gasteiger partial charge in [-0.25, -0.2) is 0 Å². The quantitative estimate of drug-likeness (QED) is 0.678. The minimum absolute atomic E-state index is 0.351. The Morgan fingerprint density at radius 3 is 2.64 bits per heavy atom. The maximum absolute atomic E-state index is 8.38. The van der Waals surface area contributed by atoms with Crippen molar-refractivity contribution in [3.8, 4) is 12.1 Å². The fourth-order valence-electron chi connectivity index (χ4n) is 0.931. The van der Waals surface area contributed by atoms with E-state index in [1.165, 1.54) is 0 Å². The molecule has 1 N–H and O–H groups in total. The highest BCUT2D eigenvalue weighted by Gasteiger charge is 2.00. The second kappa shape index (κ2) is 3.43. The largest absolute Gasteiger partial charge is 0.364 e. The van der Waals surface area contributed by atoms with Crippen molar-refractivity contribution in [3.63, 3.8) is 0 Å². The van der Waals surface area contributed by atoms with Crippen LogP contribution >= 0.6 is 0 Å². The monoisotopic (exact) mass is 145 g/mol. The third-order valence-electron chi connectivity index (χ3n) is 1.46. The topological polar surface area (TPSA) is 63.4 Å². The summed E-state index contributed by atoms with van der Waals surface area (Å²) in [5.74, 6) is 0. The molecule has 1 heterocycles. The normalized spacial score (nSPS) is 8.55. The molecule has 0 fully saturated rings. The fraction of sp³-hybridized carbons (Fsp3) is 0.250. The highest BCUT2D eigenvalue weighted by Crippen LogP contribution is 2.06. The van der Waals surface area contributed by atoms with Gasteiger partial charge in [0.15, 0.2) is 0 Å². The van der Waals surface area contributed by atoms with Gasteiger partial charge in [0.05, 0.1) is 25.0 Å². The average molecular weight is 145 g/mol. The Morgan fingerprint density at radius 1 is 1.27 bits per heavy atom. The van der Waals surface area contributed by atoms with Gasteiger partial charge in [-0.1, -0.05) is 0 Å². The summed E-state index contributed by atoms with van der Waals surface area (Å²) in [6.45, 7) is 0. The molecule has 0 aliphatic heterocycles. The molecule has 0 aromatic carbocycles. The van der Waals surface area contributed by atoms with Gasteiger partial charge < -0.3 is 4.98 Å². The van der Waals surface area contributed by atoms with E-state index in [-0.39, 0.29) is 0 Å². The van der Waals surface area contributed by atoms with E-state index in [0.29, 0.717) is 12.8 Å². The summed E-state index contributed by atoms with van der Waals surface area (Å²) in [4.78, 5) is 2.92. The number of H-pyrrole nitrogens is 1. The Labute approximate surface area is 64.9 Å². The zero-order chi connectivity index (χ0) is 8.10. The molecular formula is C8H7N3. The van der Waals surface area contributed by atoms with Gasteiger partial charge in [0, 0.05) is 11.9 Å². The van der Waals surface area contributed by atoms with Crippen molar-refractivity contribution in [2.75, 3.05) is 0 Å². The molecule has 1 aromatic rings. The Morgan fingerprint density at radius 2 is 2.00 bits per heavy atom. The highest BCUT2D eigenvalue weighted by atomic mass is 14.7. The van der Waals surface area contributed by atoms with E-state index >= 15 is 0 Å². The summed E-state index contributed by atoms with van der Waals surface area (Å²) < 4.78 is 0.